The van der Waals surface area contributed by atoms with Gasteiger partial charge in [-0.05, 0) is 29.2 Å². The van der Waals surface area contributed by atoms with Crippen LogP contribution in [-0.2, 0) is 4.79 Å². The molecule has 1 aliphatic heterocycles. The fourth-order valence-corrected chi connectivity index (χ4v) is 3.00. The molecule has 1 aliphatic rings. The summed E-state index contributed by atoms with van der Waals surface area (Å²) in [5, 5.41) is 12.5. The van der Waals surface area contributed by atoms with Crippen molar-refractivity contribution in [3.8, 4) is 17.2 Å². The fourth-order valence-electron chi connectivity index (χ4n) is 3.00. The third-order valence-electron chi connectivity index (χ3n) is 4.37. The van der Waals surface area contributed by atoms with Gasteiger partial charge in [0.2, 0.25) is 0 Å². The summed E-state index contributed by atoms with van der Waals surface area (Å²) in [5.74, 6) is -0.269. The van der Waals surface area contributed by atoms with Crippen LogP contribution in [0.3, 0.4) is 0 Å². The number of hydrogen-bond donors (Lipinski definition) is 2. The second-order valence-corrected chi connectivity index (χ2v) is 7.95. The normalized spacial score (nSPS) is 14.9. The minimum absolute atomic E-state index is 0.0349. The zero-order valence-electron chi connectivity index (χ0n) is 16.2. The van der Waals surface area contributed by atoms with Gasteiger partial charge < -0.3 is 15.2 Å². The number of nitrogens with one attached hydrogen (secondary N) is 2. The van der Waals surface area contributed by atoms with E-state index in [4.69, 9.17) is 0 Å². The molecule has 0 saturated carbocycles. The van der Waals surface area contributed by atoms with E-state index in [2.05, 4.69) is 15.3 Å². The average Bonchev–Trinajstić information content (AvgIpc) is 2.63. The van der Waals surface area contributed by atoms with Crippen LogP contribution >= 0.6 is 0 Å². The minimum Gasteiger partial charge on any atom is -0.374 e. The number of allylic oxidation sites excluding steroid dienone is 1. The Labute approximate surface area is 163 Å². The summed E-state index contributed by atoms with van der Waals surface area (Å²) >= 11 is 0. The molecule has 0 spiro atoms. The Morgan fingerprint density at radius 2 is 2.00 bits per heavy atom. The third kappa shape index (κ3) is 4.46. The van der Waals surface area contributed by atoms with E-state index in [1.54, 1.807) is 35.6 Å². The van der Waals surface area contributed by atoms with Gasteiger partial charge in [-0.1, -0.05) is 26.8 Å². The second kappa shape index (κ2) is 7.69. The van der Waals surface area contributed by atoms with Gasteiger partial charge in [-0.2, -0.15) is 5.26 Å². The summed E-state index contributed by atoms with van der Waals surface area (Å²) in [4.78, 5) is 33.0. The van der Waals surface area contributed by atoms with Crippen LogP contribution in [0.5, 0.6) is 0 Å². The number of aromatic nitrogens is 2. The quantitative estimate of drug-likeness (QED) is 0.630. The van der Waals surface area contributed by atoms with Crippen LogP contribution in [0.4, 0.5) is 5.69 Å². The molecular weight excluding hydrogens is 354 g/mol. The van der Waals surface area contributed by atoms with E-state index in [0.717, 1.165) is 11.1 Å². The summed E-state index contributed by atoms with van der Waals surface area (Å²) in [6, 6.07) is 7.49. The highest BCUT2D eigenvalue weighted by Crippen LogP contribution is 2.23. The first-order valence-electron chi connectivity index (χ1n) is 9.09. The van der Waals surface area contributed by atoms with Crippen LogP contribution in [-0.4, -0.2) is 39.9 Å². The molecule has 7 nitrogen and oxygen atoms in total. The van der Waals surface area contributed by atoms with E-state index in [9.17, 15) is 14.9 Å². The van der Waals surface area contributed by atoms with Crippen molar-refractivity contribution in [1.29, 1.82) is 5.26 Å². The monoisotopic (exact) mass is 377 g/mol. The summed E-state index contributed by atoms with van der Waals surface area (Å²) < 4.78 is 0. The molecule has 0 bridgehead atoms. The number of carbonyl (C=O) groups is 1. The Morgan fingerprint density at radius 3 is 2.61 bits per heavy atom. The summed E-state index contributed by atoms with van der Waals surface area (Å²) in [5.41, 5.74) is 1.97. The first kappa shape index (κ1) is 19.4. The summed E-state index contributed by atoms with van der Waals surface area (Å²) in [6.07, 6.45) is 6.75. The number of hydrogen-bond acceptors (Lipinski definition) is 5. The highest BCUT2D eigenvalue weighted by molar-refractivity contribution is 5.98. The SMILES string of the molecule is CC(C)(C)/C=C(/C#N)C(=O)N1CC(Nc2cc(-c3ccncc3)c[nH]c2=O)C1. The molecule has 0 radical (unpaired) electrons. The van der Waals surface area contributed by atoms with Crippen molar-refractivity contribution in [1.82, 2.24) is 14.9 Å². The molecule has 1 fully saturated rings. The van der Waals surface area contributed by atoms with Gasteiger partial charge in [0.1, 0.15) is 17.3 Å². The molecule has 2 N–H and O–H groups in total. The zero-order chi connectivity index (χ0) is 20.3. The van der Waals surface area contributed by atoms with Crippen LogP contribution in [0.1, 0.15) is 20.8 Å². The molecule has 3 rings (SSSR count). The Bertz CT molecular complexity index is 990. The van der Waals surface area contributed by atoms with Gasteiger partial charge in [-0.25, -0.2) is 0 Å². The number of likely N-dealkylation sites (tertiary alicyclic amines) is 1. The fraction of sp³-hybridized carbons (Fsp3) is 0.333. The number of nitrogens with zero attached hydrogens (tertiary/aromatic N) is 3. The lowest BCUT2D eigenvalue weighted by Gasteiger charge is -2.40. The van der Waals surface area contributed by atoms with Gasteiger partial charge in [0, 0.05) is 37.2 Å². The lowest BCUT2D eigenvalue weighted by molar-refractivity contribution is -0.130. The molecule has 144 valence electrons. The average molecular weight is 377 g/mol. The number of anilines is 1. The van der Waals surface area contributed by atoms with Crippen molar-refractivity contribution in [2.45, 2.75) is 26.8 Å². The van der Waals surface area contributed by atoms with E-state index < -0.39 is 0 Å². The molecule has 0 unspecified atom stereocenters. The molecule has 3 heterocycles. The van der Waals surface area contributed by atoms with E-state index in [1.165, 1.54) is 0 Å². The maximum atomic E-state index is 12.5. The van der Waals surface area contributed by atoms with Crippen LogP contribution in [0.15, 0.2) is 53.2 Å². The predicted molar refractivity (Wildman–Crippen MR) is 107 cm³/mol. The molecule has 0 aliphatic carbocycles. The number of aromatic amines is 1. The minimum atomic E-state index is -0.269. The third-order valence-corrected chi connectivity index (χ3v) is 4.37. The van der Waals surface area contributed by atoms with Gasteiger partial charge in [0.05, 0.1) is 6.04 Å². The zero-order valence-corrected chi connectivity index (χ0v) is 16.2. The van der Waals surface area contributed by atoms with Gasteiger partial charge in [0.15, 0.2) is 0 Å². The second-order valence-electron chi connectivity index (χ2n) is 7.95. The highest BCUT2D eigenvalue weighted by Gasteiger charge is 2.33. The van der Waals surface area contributed by atoms with Gasteiger partial charge in [0.25, 0.3) is 11.5 Å². The molecule has 1 amide bonds. The van der Waals surface area contributed by atoms with E-state index in [0.29, 0.717) is 18.8 Å². The van der Waals surface area contributed by atoms with Crippen molar-refractivity contribution < 1.29 is 4.79 Å². The van der Waals surface area contributed by atoms with Gasteiger partial charge in [-0.3, -0.25) is 14.6 Å². The number of carbonyl (C=O) groups excluding carboxylic acids is 1. The maximum absolute atomic E-state index is 12.5. The van der Waals surface area contributed by atoms with Gasteiger partial charge >= 0.3 is 0 Å². The Kier molecular flexibility index (Phi) is 5.32. The van der Waals surface area contributed by atoms with E-state index in [1.807, 2.05) is 39.0 Å². The first-order valence-corrected chi connectivity index (χ1v) is 9.09. The summed E-state index contributed by atoms with van der Waals surface area (Å²) in [7, 11) is 0. The molecule has 2 aromatic heterocycles. The van der Waals surface area contributed by atoms with Crippen molar-refractivity contribution in [3.05, 3.63) is 58.8 Å². The largest absolute Gasteiger partial charge is 0.374 e. The topological polar surface area (TPSA) is 102 Å². The molecule has 7 heteroatoms. The molecule has 1 saturated heterocycles. The van der Waals surface area contributed by atoms with E-state index in [-0.39, 0.29) is 28.5 Å². The number of pyridine rings is 2. The van der Waals surface area contributed by atoms with Crippen LogP contribution in [0.25, 0.3) is 11.1 Å². The molecule has 0 atom stereocenters. The number of H-pyrrole nitrogens is 1. The van der Waals surface area contributed by atoms with Crippen LogP contribution in [0, 0.1) is 16.7 Å². The van der Waals surface area contributed by atoms with Crippen LogP contribution < -0.4 is 10.9 Å². The lowest BCUT2D eigenvalue weighted by Crippen LogP contribution is -2.57. The lowest BCUT2D eigenvalue weighted by atomic mass is 9.93. The number of nitriles is 1. The predicted octanol–water partition coefficient (Wildman–Crippen LogP) is 2.56. The van der Waals surface area contributed by atoms with Crippen molar-refractivity contribution >= 4 is 11.6 Å². The Balaban J connectivity index is 1.67. The Hall–Kier alpha value is -3.40. The van der Waals surface area contributed by atoms with Crippen molar-refractivity contribution in [2.24, 2.45) is 5.41 Å². The first-order chi connectivity index (χ1) is 13.3. The van der Waals surface area contributed by atoms with Crippen molar-refractivity contribution in [2.75, 3.05) is 18.4 Å². The molecule has 0 aromatic carbocycles. The smallest absolute Gasteiger partial charge is 0.271 e. The van der Waals surface area contributed by atoms with Crippen LogP contribution in [0.2, 0.25) is 0 Å². The Morgan fingerprint density at radius 1 is 1.32 bits per heavy atom. The molecular formula is C21H23N5O2. The standard InChI is InChI=1S/C21H23N5O2/c1-21(2,3)9-16(10-22)20(28)26-12-17(13-26)25-18-8-15(11-24-19(18)27)14-4-6-23-7-5-14/h4-9,11,17,25H,12-13H2,1-3H3,(H,24,27)/b16-9-. The molecule has 28 heavy (non-hydrogen) atoms. The van der Waals surface area contributed by atoms with E-state index >= 15 is 0 Å². The maximum Gasteiger partial charge on any atom is 0.271 e. The number of rotatable bonds is 4. The highest BCUT2D eigenvalue weighted by atomic mass is 16.2. The van der Waals surface area contributed by atoms with Gasteiger partial charge in [-0.15, -0.1) is 0 Å². The number of amides is 1. The summed E-state index contributed by atoms with van der Waals surface area (Å²) in [6.45, 7) is 6.72. The van der Waals surface area contributed by atoms with Crippen molar-refractivity contribution in [3.63, 3.8) is 0 Å². The molecule has 2 aromatic rings.